The molecular weight excluding hydrogens is 369 g/mol. The highest BCUT2D eigenvalue weighted by Gasteiger charge is 2.13. The maximum Gasteiger partial charge on any atom is 0.254 e. The number of carbonyl (C=O) groups is 1. The minimum atomic E-state index is 0.0981. The molecule has 0 aliphatic rings. The third kappa shape index (κ3) is 3.75. The van der Waals surface area contributed by atoms with E-state index in [1.165, 1.54) is 0 Å². The molecule has 82 valence electrons. The second kappa shape index (κ2) is 6.48. The van der Waals surface area contributed by atoms with Crippen molar-refractivity contribution in [1.82, 2.24) is 4.90 Å². The molecule has 0 aliphatic carbocycles. The van der Waals surface area contributed by atoms with Crippen molar-refractivity contribution in [3.8, 4) is 0 Å². The summed E-state index contributed by atoms with van der Waals surface area (Å²) < 4.78 is 1.01. The first-order valence-corrected chi connectivity index (χ1v) is 6.92. The van der Waals surface area contributed by atoms with Gasteiger partial charge in [-0.2, -0.15) is 0 Å². The van der Waals surface area contributed by atoms with E-state index in [9.17, 15) is 4.79 Å². The second-order valence-corrected chi connectivity index (χ2v) is 5.20. The largest absolute Gasteiger partial charge is 0.342 e. The summed E-state index contributed by atoms with van der Waals surface area (Å²) in [6.45, 7) is 0.787. The van der Waals surface area contributed by atoms with E-state index in [0.717, 1.165) is 27.4 Å². The molecule has 0 radical (unpaired) electrons. The molecule has 0 bridgehead atoms. The molecule has 0 spiro atoms. The van der Waals surface area contributed by atoms with Crippen LogP contribution in [0.5, 0.6) is 0 Å². The maximum absolute atomic E-state index is 12.0. The van der Waals surface area contributed by atoms with Gasteiger partial charge in [-0.3, -0.25) is 4.79 Å². The Kier molecular flexibility index (Phi) is 5.60. The first kappa shape index (κ1) is 13.0. The topological polar surface area (TPSA) is 20.3 Å². The zero-order valence-electron chi connectivity index (χ0n) is 8.54. The maximum atomic E-state index is 12.0. The fraction of sp³-hybridized carbons (Fsp3) is 0.364. The van der Waals surface area contributed by atoms with Crippen LogP contribution < -0.4 is 0 Å². The lowest BCUT2D eigenvalue weighted by Gasteiger charge is -2.17. The van der Waals surface area contributed by atoms with Crippen LogP contribution in [0.25, 0.3) is 0 Å². The van der Waals surface area contributed by atoms with E-state index in [4.69, 9.17) is 0 Å². The van der Waals surface area contributed by atoms with Crippen LogP contribution in [0.3, 0.4) is 0 Å². The Balaban J connectivity index is 2.72. The molecule has 0 saturated carbocycles. The van der Waals surface area contributed by atoms with Gasteiger partial charge in [0.1, 0.15) is 0 Å². The summed E-state index contributed by atoms with van der Waals surface area (Å²) in [6.07, 6.45) is 0.978. The zero-order chi connectivity index (χ0) is 11.3. The second-order valence-electron chi connectivity index (χ2n) is 3.25. The molecule has 0 aromatic heterocycles. The van der Waals surface area contributed by atoms with Crippen molar-refractivity contribution < 1.29 is 4.79 Å². The monoisotopic (exact) mass is 381 g/mol. The highest BCUT2D eigenvalue weighted by molar-refractivity contribution is 14.1. The van der Waals surface area contributed by atoms with E-state index >= 15 is 0 Å². The third-order valence-electron chi connectivity index (χ3n) is 2.08. The number of hydrogen-bond acceptors (Lipinski definition) is 1. The summed E-state index contributed by atoms with van der Waals surface area (Å²) in [5.74, 6) is 0.0981. The molecule has 1 aromatic carbocycles. The Labute approximate surface area is 112 Å². The molecule has 2 nitrogen and oxygen atoms in total. The average molecular weight is 382 g/mol. The first-order valence-electron chi connectivity index (χ1n) is 4.72. The SMILES string of the molecule is CN(CCCBr)C(=O)c1ccccc1I. The van der Waals surface area contributed by atoms with Gasteiger partial charge in [0.15, 0.2) is 0 Å². The molecule has 15 heavy (non-hydrogen) atoms. The summed E-state index contributed by atoms with van der Waals surface area (Å²) in [4.78, 5) is 13.7. The van der Waals surface area contributed by atoms with Crippen molar-refractivity contribution in [3.63, 3.8) is 0 Å². The van der Waals surface area contributed by atoms with Crippen molar-refractivity contribution in [2.75, 3.05) is 18.9 Å². The number of carbonyl (C=O) groups excluding carboxylic acids is 1. The number of benzene rings is 1. The molecule has 0 aliphatic heterocycles. The van der Waals surface area contributed by atoms with Crippen molar-refractivity contribution in [3.05, 3.63) is 33.4 Å². The lowest BCUT2D eigenvalue weighted by molar-refractivity contribution is 0.0794. The molecule has 0 saturated heterocycles. The van der Waals surface area contributed by atoms with E-state index in [-0.39, 0.29) is 5.91 Å². The number of amides is 1. The molecule has 0 atom stereocenters. The number of hydrogen-bond donors (Lipinski definition) is 0. The Morgan fingerprint density at radius 1 is 1.47 bits per heavy atom. The fourth-order valence-corrected chi connectivity index (χ4v) is 2.11. The van der Waals surface area contributed by atoms with E-state index in [1.54, 1.807) is 4.90 Å². The predicted molar refractivity (Wildman–Crippen MR) is 74.5 cm³/mol. The smallest absolute Gasteiger partial charge is 0.254 e. The van der Waals surface area contributed by atoms with E-state index < -0.39 is 0 Å². The molecule has 0 N–H and O–H groups in total. The number of rotatable bonds is 4. The normalized spacial score (nSPS) is 10.1. The Morgan fingerprint density at radius 2 is 2.13 bits per heavy atom. The fourth-order valence-electron chi connectivity index (χ4n) is 1.24. The quantitative estimate of drug-likeness (QED) is 0.579. The number of alkyl halides is 1. The lowest BCUT2D eigenvalue weighted by Crippen LogP contribution is -2.28. The zero-order valence-corrected chi connectivity index (χ0v) is 12.3. The van der Waals surface area contributed by atoms with Gasteiger partial charge in [-0.25, -0.2) is 0 Å². The van der Waals surface area contributed by atoms with Gasteiger partial charge >= 0.3 is 0 Å². The van der Waals surface area contributed by atoms with Gasteiger partial charge in [0.05, 0.1) is 5.56 Å². The molecule has 0 heterocycles. The molecule has 1 rings (SSSR count). The van der Waals surface area contributed by atoms with Crippen LogP contribution in [0.4, 0.5) is 0 Å². The van der Waals surface area contributed by atoms with Crippen LogP contribution in [0.15, 0.2) is 24.3 Å². The third-order valence-corrected chi connectivity index (χ3v) is 3.58. The van der Waals surface area contributed by atoms with Crippen LogP contribution in [0.2, 0.25) is 0 Å². The minimum absolute atomic E-state index is 0.0981. The highest BCUT2D eigenvalue weighted by atomic mass is 127. The van der Waals surface area contributed by atoms with Gasteiger partial charge in [0.25, 0.3) is 5.91 Å². The van der Waals surface area contributed by atoms with Crippen molar-refractivity contribution in [1.29, 1.82) is 0 Å². The summed E-state index contributed by atoms with van der Waals surface area (Å²) in [7, 11) is 1.84. The molecule has 0 fully saturated rings. The van der Waals surface area contributed by atoms with E-state index in [2.05, 4.69) is 38.5 Å². The standard InChI is InChI=1S/C11H13BrINO/c1-14(8-4-7-12)11(15)9-5-2-3-6-10(9)13/h2-3,5-6H,4,7-8H2,1H3. The Hall–Kier alpha value is -0.100. The summed E-state index contributed by atoms with van der Waals surface area (Å²) in [5.41, 5.74) is 0.787. The van der Waals surface area contributed by atoms with Gasteiger partial charge in [0, 0.05) is 22.5 Å². The van der Waals surface area contributed by atoms with Gasteiger partial charge in [-0.1, -0.05) is 28.1 Å². The minimum Gasteiger partial charge on any atom is -0.342 e. The summed E-state index contributed by atoms with van der Waals surface area (Å²) >= 11 is 5.55. The highest BCUT2D eigenvalue weighted by Crippen LogP contribution is 2.13. The first-order chi connectivity index (χ1) is 7.16. The summed E-state index contributed by atoms with van der Waals surface area (Å²) in [6, 6.07) is 7.66. The Bertz CT molecular complexity index is 343. The van der Waals surface area contributed by atoms with Crippen LogP contribution in [0, 0.1) is 3.57 Å². The van der Waals surface area contributed by atoms with Crippen molar-refractivity contribution in [2.45, 2.75) is 6.42 Å². The Morgan fingerprint density at radius 3 is 2.73 bits per heavy atom. The molecule has 1 amide bonds. The van der Waals surface area contributed by atoms with Gasteiger partial charge < -0.3 is 4.90 Å². The number of nitrogens with zero attached hydrogens (tertiary/aromatic N) is 1. The molecule has 0 unspecified atom stereocenters. The summed E-state index contributed by atoms with van der Waals surface area (Å²) in [5, 5.41) is 0.927. The lowest BCUT2D eigenvalue weighted by atomic mass is 10.2. The van der Waals surface area contributed by atoms with Crippen molar-refractivity contribution in [2.24, 2.45) is 0 Å². The molecule has 1 aromatic rings. The van der Waals surface area contributed by atoms with Crippen molar-refractivity contribution >= 4 is 44.4 Å². The predicted octanol–water partition coefficient (Wildman–Crippen LogP) is 3.15. The van der Waals surface area contributed by atoms with Crippen LogP contribution in [0.1, 0.15) is 16.8 Å². The van der Waals surface area contributed by atoms with Crippen LogP contribution in [-0.4, -0.2) is 29.7 Å². The van der Waals surface area contributed by atoms with Gasteiger partial charge in [-0.05, 0) is 41.1 Å². The van der Waals surface area contributed by atoms with Gasteiger partial charge in [-0.15, -0.1) is 0 Å². The van der Waals surface area contributed by atoms with Crippen LogP contribution >= 0.6 is 38.5 Å². The molecular formula is C11H13BrINO. The average Bonchev–Trinajstić information content (AvgIpc) is 2.25. The van der Waals surface area contributed by atoms with E-state index in [0.29, 0.717) is 0 Å². The molecule has 4 heteroatoms. The van der Waals surface area contributed by atoms with Crippen LogP contribution in [-0.2, 0) is 0 Å². The van der Waals surface area contributed by atoms with Gasteiger partial charge in [0.2, 0.25) is 0 Å². The number of halogens is 2. The van der Waals surface area contributed by atoms with E-state index in [1.807, 2.05) is 31.3 Å².